The Hall–Kier alpha value is -3.69. The highest BCUT2D eigenvalue weighted by Gasteiger charge is 2.37. The summed E-state index contributed by atoms with van der Waals surface area (Å²) in [7, 11) is 0. The molecule has 2 heterocycles. The van der Waals surface area contributed by atoms with Gasteiger partial charge in [0.15, 0.2) is 5.82 Å². The minimum absolute atomic E-state index is 0.0197. The van der Waals surface area contributed by atoms with E-state index < -0.39 is 11.9 Å². The van der Waals surface area contributed by atoms with Crippen LogP contribution in [-0.2, 0) is 9.59 Å². The smallest absolute Gasteiger partial charge is 0.308 e. The number of anilines is 1. The number of aliphatic carboxylic acids is 1. The van der Waals surface area contributed by atoms with Gasteiger partial charge in [-0.15, -0.1) is 0 Å². The lowest BCUT2D eigenvalue weighted by Gasteiger charge is -2.20. The zero-order chi connectivity index (χ0) is 21.3. The number of carboxylic acids is 1. The number of hydrogen-bond donors (Lipinski definition) is 1. The number of carbonyl (C=O) groups is 2. The second-order valence-corrected chi connectivity index (χ2v) is 7.42. The number of benzene rings is 2. The minimum atomic E-state index is -1.04. The SMILES string of the molecule is N#Cc1c(-c2ccc(Cl)cc2)cc(-c2ccccc2)nc1N1CC(C(=O)O)CC1=O. The molecule has 1 fully saturated rings. The lowest BCUT2D eigenvalue weighted by atomic mass is 9.98. The van der Waals surface area contributed by atoms with E-state index in [1.54, 1.807) is 30.3 Å². The number of halogens is 1. The van der Waals surface area contributed by atoms with Gasteiger partial charge in [-0.3, -0.25) is 14.5 Å². The Morgan fingerprint density at radius 2 is 1.83 bits per heavy atom. The molecule has 0 radical (unpaired) electrons. The van der Waals surface area contributed by atoms with Crippen molar-refractivity contribution < 1.29 is 14.7 Å². The molecule has 1 aliphatic heterocycles. The van der Waals surface area contributed by atoms with Gasteiger partial charge in [0.1, 0.15) is 11.6 Å². The van der Waals surface area contributed by atoms with Crippen molar-refractivity contribution >= 4 is 29.3 Å². The monoisotopic (exact) mass is 417 g/mol. The fourth-order valence-electron chi connectivity index (χ4n) is 3.53. The Kier molecular flexibility index (Phi) is 5.21. The van der Waals surface area contributed by atoms with Gasteiger partial charge in [0.2, 0.25) is 5.91 Å². The molecule has 30 heavy (non-hydrogen) atoms. The fourth-order valence-corrected chi connectivity index (χ4v) is 3.65. The number of pyridine rings is 1. The number of nitrogens with zero attached hydrogens (tertiary/aromatic N) is 3. The molecule has 1 aliphatic rings. The van der Waals surface area contributed by atoms with E-state index in [9.17, 15) is 20.0 Å². The van der Waals surface area contributed by atoms with Crippen LogP contribution in [0.1, 0.15) is 12.0 Å². The average Bonchev–Trinajstić information content (AvgIpc) is 3.16. The highest BCUT2D eigenvalue weighted by molar-refractivity contribution is 6.30. The van der Waals surface area contributed by atoms with Gasteiger partial charge in [-0.1, -0.05) is 54.1 Å². The van der Waals surface area contributed by atoms with Crippen molar-refractivity contribution in [3.63, 3.8) is 0 Å². The molecule has 1 unspecified atom stereocenters. The molecule has 0 aliphatic carbocycles. The summed E-state index contributed by atoms with van der Waals surface area (Å²) in [6.45, 7) is -0.0197. The first-order valence-corrected chi connectivity index (χ1v) is 9.65. The molecular formula is C23H16ClN3O3. The number of hydrogen-bond acceptors (Lipinski definition) is 4. The van der Waals surface area contributed by atoms with Crippen LogP contribution in [0, 0.1) is 17.2 Å². The Bertz CT molecular complexity index is 1170. The first kappa shape index (κ1) is 19.6. The van der Waals surface area contributed by atoms with Gasteiger partial charge in [0.25, 0.3) is 0 Å². The molecule has 0 spiro atoms. The zero-order valence-corrected chi connectivity index (χ0v) is 16.5. The Balaban J connectivity index is 1.93. The molecule has 0 saturated carbocycles. The number of amides is 1. The summed E-state index contributed by atoms with van der Waals surface area (Å²) >= 11 is 6.01. The Morgan fingerprint density at radius 1 is 1.13 bits per heavy atom. The van der Waals surface area contributed by atoms with Gasteiger partial charge in [0.05, 0.1) is 11.6 Å². The molecule has 148 valence electrons. The Labute approximate surface area is 178 Å². The van der Waals surface area contributed by atoms with Crippen molar-refractivity contribution in [2.75, 3.05) is 11.4 Å². The van der Waals surface area contributed by atoms with E-state index >= 15 is 0 Å². The highest BCUT2D eigenvalue weighted by atomic mass is 35.5. The molecule has 2 aromatic carbocycles. The van der Waals surface area contributed by atoms with E-state index in [4.69, 9.17) is 11.6 Å². The van der Waals surface area contributed by atoms with Crippen molar-refractivity contribution in [2.24, 2.45) is 5.92 Å². The average molecular weight is 418 g/mol. The topological polar surface area (TPSA) is 94.3 Å². The van der Waals surface area contributed by atoms with Gasteiger partial charge < -0.3 is 5.11 Å². The maximum atomic E-state index is 12.6. The van der Waals surface area contributed by atoms with Gasteiger partial charge >= 0.3 is 5.97 Å². The molecule has 1 N–H and O–H groups in total. The van der Waals surface area contributed by atoms with Crippen LogP contribution in [0.3, 0.4) is 0 Å². The maximum absolute atomic E-state index is 12.6. The van der Waals surface area contributed by atoms with Crippen LogP contribution in [0.2, 0.25) is 5.02 Å². The Morgan fingerprint density at radius 3 is 2.43 bits per heavy atom. The van der Waals surface area contributed by atoms with E-state index in [-0.39, 0.29) is 30.3 Å². The summed E-state index contributed by atoms with van der Waals surface area (Å²) in [6.07, 6.45) is -0.117. The van der Waals surface area contributed by atoms with Gasteiger partial charge in [-0.25, -0.2) is 4.98 Å². The molecule has 6 nitrogen and oxygen atoms in total. The lowest BCUT2D eigenvalue weighted by Crippen LogP contribution is -2.28. The van der Waals surface area contributed by atoms with Crippen molar-refractivity contribution in [2.45, 2.75) is 6.42 Å². The predicted octanol–water partition coefficient (Wildman–Crippen LogP) is 4.38. The molecule has 4 rings (SSSR count). The molecular weight excluding hydrogens is 402 g/mol. The first-order valence-electron chi connectivity index (χ1n) is 9.27. The third-order valence-corrected chi connectivity index (χ3v) is 5.32. The fraction of sp³-hybridized carbons (Fsp3) is 0.130. The van der Waals surface area contributed by atoms with Crippen LogP contribution in [0.25, 0.3) is 22.4 Å². The van der Waals surface area contributed by atoms with E-state index in [1.807, 2.05) is 30.3 Å². The maximum Gasteiger partial charge on any atom is 0.308 e. The van der Waals surface area contributed by atoms with Crippen LogP contribution >= 0.6 is 11.6 Å². The predicted molar refractivity (Wildman–Crippen MR) is 113 cm³/mol. The zero-order valence-electron chi connectivity index (χ0n) is 15.7. The summed E-state index contributed by atoms with van der Waals surface area (Å²) < 4.78 is 0. The number of aromatic nitrogens is 1. The summed E-state index contributed by atoms with van der Waals surface area (Å²) in [4.78, 5) is 29.9. The second kappa shape index (κ2) is 7.97. The van der Waals surface area contributed by atoms with E-state index in [0.29, 0.717) is 16.3 Å². The molecule has 1 atom stereocenters. The van der Waals surface area contributed by atoms with E-state index in [0.717, 1.165) is 11.1 Å². The van der Waals surface area contributed by atoms with Crippen LogP contribution in [-0.4, -0.2) is 28.5 Å². The van der Waals surface area contributed by atoms with Crippen LogP contribution in [0.15, 0.2) is 60.7 Å². The molecule has 7 heteroatoms. The van der Waals surface area contributed by atoms with Gasteiger partial charge in [-0.2, -0.15) is 5.26 Å². The van der Waals surface area contributed by atoms with Crippen molar-refractivity contribution in [1.82, 2.24) is 4.98 Å². The van der Waals surface area contributed by atoms with Gasteiger partial charge in [-0.05, 0) is 23.8 Å². The molecule has 1 aromatic heterocycles. The highest BCUT2D eigenvalue weighted by Crippen LogP contribution is 2.36. The molecule has 3 aromatic rings. The summed E-state index contributed by atoms with van der Waals surface area (Å²) in [5.74, 6) is -2.05. The summed E-state index contributed by atoms with van der Waals surface area (Å²) in [5.41, 5.74) is 2.97. The number of rotatable bonds is 4. The van der Waals surface area contributed by atoms with Crippen molar-refractivity contribution in [1.29, 1.82) is 5.26 Å². The number of nitriles is 1. The second-order valence-electron chi connectivity index (χ2n) is 6.98. The minimum Gasteiger partial charge on any atom is -0.481 e. The van der Waals surface area contributed by atoms with Crippen molar-refractivity contribution in [3.8, 4) is 28.5 Å². The summed E-state index contributed by atoms with van der Waals surface area (Å²) in [6, 6.07) is 20.4. The van der Waals surface area contributed by atoms with E-state index in [1.165, 1.54) is 4.90 Å². The van der Waals surface area contributed by atoms with Crippen LogP contribution < -0.4 is 4.90 Å². The van der Waals surface area contributed by atoms with E-state index in [2.05, 4.69) is 11.1 Å². The molecule has 1 amide bonds. The van der Waals surface area contributed by atoms with Crippen molar-refractivity contribution in [3.05, 3.63) is 71.2 Å². The van der Waals surface area contributed by atoms with Crippen LogP contribution in [0.4, 0.5) is 5.82 Å². The normalized spacial score (nSPS) is 15.8. The third-order valence-electron chi connectivity index (χ3n) is 5.07. The molecule has 1 saturated heterocycles. The molecule has 0 bridgehead atoms. The first-order chi connectivity index (χ1) is 14.5. The third kappa shape index (κ3) is 3.63. The van der Waals surface area contributed by atoms with Crippen LogP contribution in [0.5, 0.6) is 0 Å². The number of carboxylic acid groups (broad SMARTS) is 1. The van der Waals surface area contributed by atoms with Gasteiger partial charge in [0, 0.05) is 29.1 Å². The quantitative estimate of drug-likeness (QED) is 0.679. The lowest BCUT2D eigenvalue weighted by molar-refractivity contribution is -0.141. The largest absolute Gasteiger partial charge is 0.481 e. The standard InChI is InChI=1S/C23H16ClN3O3/c24-17-8-6-14(7-9-17)18-11-20(15-4-2-1-3-5-15)26-22(19(18)12-25)27-13-16(23(29)30)10-21(27)28/h1-9,11,16H,10,13H2,(H,29,30). The number of carbonyl (C=O) groups excluding carboxylic acids is 1. The summed E-state index contributed by atoms with van der Waals surface area (Å²) in [5, 5.41) is 19.8.